The zero-order chi connectivity index (χ0) is 9.42. The summed E-state index contributed by atoms with van der Waals surface area (Å²) in [4.78, 5) is 10.8. The zero-order valence-electron chi connectivity index (χ0n) is 6.75. The molecule has 0 radical (unpaired) electrons. The molecule has 0 unspecified atom stereocenters. The molecule has 68 valence electrons. The number of benzene rings is 1. The first-order valence-electron chi connectivity index (χ1n) is 3.93. The Morgan fingerprint density at radius 2 is 2.38 bits per heavy atom. The minimum atomic E-state index is -0.883. The van der Waals surface area contributed by atoms with Crippen LogP contribution in [0.3, 0.4) is 0 Å². The fraction of sp³-hybridized carbons (Fsp3) is 0.222. The van der Waals surface area contributed by atoms with Crippen molar-refractivity contribution in [3.8, 4) is 0 Å². The van der Waals surface area contributed by atoms with E-state index in [1.54, 1.807) is 6.07 Å². The Balaban J connectivity index is 2.52. The van der Waals surface area contributed by atoms with Crippen LogP contribution in [0.2, 0.25) is 5.02 Å². The summed E-state index contributed by atoms with van der Waals surface area (Å²) >= 11 is 5.91. The lowest BCUT2D eigenvalue weighted by atomic mass is 10.1. The van der Waals surface area contributed by atoms with E-state index in [0.29, 0.717) is 17.1 Å². The molecule has 0 saturated carbocycles. The fourth-order valence-corrected chi connectivity index (χ4v) is 1.89. The second-order valence-electron chi connectivity index (χ2n) is 2.96. The highest BCUT2D eigenvalue weighted by Crippen LogP contribution is 2.31. The lowest BCUT2D eigenvalue weighted by Gasteiger charge is -2.07. The number of halogens is 1. The molecule has 4 heteroatoms. The van der Waals surface area contributed by atoms with E-state index < -0.39 is 12.0 Å². The number of carboxylic acid groups (broad SMARTS) is 1. The molecule has 2 rings (SSSR count). The van der Waals surface area contributed by atoms with Gasteiger partial charge in [-0.2, -0.15) is 0 Å². The van der Waals surface area contributed by atoms with Gasteiger partial charge in [-0.05, 0) is 11.6 Å². The highest BCUT2D eigenvalue weighted by molar-refractivity contribution is 6.31. The minimum Gasteiger partial charge on any atom is -0.480 e. The average molecular weight is 198 g/mol. The van der Waals surface area contributed by atoms with Gasteiger partial charge in [0.1, 0.15) is 6.04 Å². The smallest absolute Gasteiger partial charge is 0.325 e. The first kappa shape index (κ1) is 8.53. The Labute approximate surface area is 80.3 Å². The maximum Gasteiger partial charge on any atom is 0.325 e. The number of aliphatic carboxylic acids is 1. The Kier molecular flexibility index (Phi) is 1.98. The van der Waals surface area contributed by atoms with Crippen LogP contribution in [0.5, 0.6) is 0 Å². The molecule has 0 spiro atoms. The van der Waals surface area contributed by atoms with E-state index in [4.69, 9.17) is 16.7 Å². The minimum absolute atomic E-state index is 0.523. The Bertz CT molecular complexity index is 365. The standard InChI is InChI=1S/C9H8ClNO2/c10-6-3-1-2-5-4-11-8(7(5)6)9(12)13/h1-3,8,11H,4H2,(H,12,13)/t8-/m1/s1. The van der Waals surface area contributed by atoms with Crippen molar-refractivity contribution >= 4 is 17.6 Å². The predicted octanol–water partition coefficient (Wildman–Crippen LogP) is 1.57. The van der Waals surface area contributed by atoms with Crippen molar-refractivity contribution in [2.24, 2.45) is 0 Å². The third-order valence-electron chi connectivity index (χ3n) is 2.18. The van der Waals surface area contributed by atoms with E-state index in [9.17, 15) is 4.79 Å². The molecule has 0 bridgehead atoms. The molecule has 0 amide bonds. The van der Waals surface area contributed by atoms with E-state index in [0.717, 1.165) is 5.56 Å². The van der Waals surface area contributed by atoms with Crippen LogP contribution in [-0.4, -0.2) is 11.1 Å². The first-order chi connectivity index (χ1) is 6.20. The molecule has 0 fully saturated rings. The van der Waals surface area contributed by atoms with Crippen molar-refractivity contribution in [2.75, 3.05) is 0 Å². The Hall–Kier alpha value is -1.06. The largest absolute Gasteiger partial charge is 0.480 e. The van der Waals surface area contributed by atoms with E-state index in [1.165, 1.54) is 0 Å². The van der Waals surface area contributed by atoms with E-state index >= 15 is 0 Å². The maximum atomic E-state index is 10.8. The van der Waals surface area contributed by atoms with Gasteiger partial charge in [0.25, 0.3) is 0 Å². The van der Waals surface area contributed by atoms with Crippen molar-refractivity contribution < 1.29 is 9.90 Å². The third-order valence-corrected chi connectivity index (χ3v) is 2.51. The predicted molar refractivity (Wildman–Crippen MR) is 48.7 cm³/mol. The van der Waals surface area contributed by atoms with E-state index in [2.05, 4.69) is 5.32 Å². The summed E-state index contributed by atoms with van der Waals surface area (Å²) in [6, 6.07) is 4.77. The topological polar surface area (TPSA) is 49.3 Å². The quantitative estimate of drug-likeness (QED) is 0.719. The van der Waals surface area contributed by atoms with Crippen LogP contribution in [0, 0.1) is 0 Å². The summed E-state index contributed by atoms with van der Waals surface area (Å²) in [5, 5.41) is 12.3. The molecular formula is C9H8ClNO2. The average Bonchev–Trinajstić information content (AvgIpc) is 2.49. The van der Waals surface area contributed by atoms with Crippen LogP contribution >= 0.6 is 11.6 Å². The zero-order valence-corrected chi connectivity index (χ0v) is 7.51. The molecule has 0 aliphatic carbocycles. The number of hydrogen-bond acceptors (Lipinski definition) is 2. The molecule has 2 N–H and O–H groups in total. The number of nitrogens with one attached hydrogen (secondary N) is 1. The van der Waals surface area contributed by atoms with Crippen LogP contribution in [0.1, 0.15) is 17.2 Å². The molecule has 1 atom stereocenters. The summed E-state index contributed by atoms with van der Waals surface area (Å²) in [5.41, 5.74) is 1.68. The highest BCUT2D eigenvalue weighted by Gasteiger charge is 2.29. The van der Waals surface area contributed by atoms with Gasteiger partial charge < -0.3 is 5.11 Å². The first-order valence-corrected chi connectivity index (χ1v) is 4.31. The molecule has 1 aromatic rings. The third kappa shape index (κ3) is 1.30. The molecule has 0 saturated heterocycles. The van der Waals surface area contributed by atoms with Crippen LogP contribution in [-0.2, 0) is 11.3 Å². The fourth-order valence-electron chi connectivity index (χ4n) is 1.58. The molecular weight excluding hydrogens is 190 g/mol. The molecule has 0 aromatic heterocycles. The van der Waals surface area contributed by atoms with E-state index in [-0.39, 0.29) is 0 Å². The number of carbonyl (C=O) groups is 1. The molecule has 13 heavy (non-hydrogen) atoms. The number of carboxylic acids is 1. The van der Waals surface area contributed by atoms with Gasteiger partial charge in [0.2, 0.25) is 0 Å². The van der Waals surface area contributed by atoms with Gasteiger partial charge in [-0.25, -0.2) is 0 Å². The second kappa shape index (κ2) is 3.01. The number of rotatable bonds is 1. The van der Waals surface area contributed by atoms with E-state index in [1.807, 2.05) is 12.1 Å². The van der Waals surface area contributed by atoms with Gasteiger partial charge in [0.05, 0.1) is 0 Å². The lowest BCUT2D eigenvalue weighted by molar-refractivity contribution is -0.139. The van der Waals surface area contributed by atoms with Crippen molar-refractivity contribution in [2.45, 2.75) is 12.6 Å². The Morgan fingerprint density at radius 3 is 3.08 bits per heavy atom. The van der Waals surface area contributed by atoms with Crippen LogP contribution < -0.4 is 5.32 Å². The monoisotopic (exact) mass is 197 g/mol. The van der Waals surface area contributed by atoms with Gasteiger partial charge in [-0.15, -0.1) is 0 Å². The summed E-state index contributed by atoms with van der Waals surface area (Å²) in [5.74, 6) is -0.883. The van der Waals surface area contributed by atoms with Crippen molar-refractivity contribution in [3.05, 3.63) is 34.3 Å². The molecule has 1 aliphatic heterocycles. The summed E-state index contributed by atoms with van der Waals surface area (Å²) < 4.78 is 0. The van der Waals surface area contributed by atoms with Crippen molar-refractivity contribution in [1.29, 1.82) is 0 Å². The summed E-state index contributed by atoms with van der Waals surface area (Å²) in [6.45, 7) is 0.576. The van der Waals surface area contributed by atoms with Crippen LogP contribution in [0.15, 0.2) is 18.2 Å². The van der Waals surface area contributed by atoms with Crippen molar-refractivity contribution in [1.82, 2.24) is 5.32 Å². The lowest BCUT2D eigenvalue weighted by Crippen LogP contribution is -2.21. The number of fused-ring (bicyclic) bond motifs is 1. The van der Waals surface area contributed by atoms with Gasteiger partial charge in [0.15, 0.2) is 0 Å². The van der Waals surface area contributed by atoms with Gasteiger partial charge in [-0.1, -0.05) is 23.7 Å². The molecule has 1 aliphatic rings. The van der Waals surface area contributed by atoms with Gasteiger partial charge in [-0.3, -0.25) is 10.1 Å². The highest BCUT2D eigenvalue weighted by atomic mass is 35.5. The number of hydrogen-bond donors (Lipinski definition) is 2. The Morgan fingerprint density at radius 1 is 1.62 bits per heavy atom. The van der Waals surface area contributed by atoms with Crippen LogP contribution in [0.25, 0.3) is 0 Å². The SMILES string of the molecule is O=C(O)[C@@H]1NCc2cccc(Cl)c21. The normalized spacial score (nSPS) is 19.9. The maximum absolute atomic E-state index is 10.8. The summed E-state index contributed by atoms with van der Waals surface area (Å²) in [6.07, 6.45) is 0. The molecule has 3 nitrogen and oxygen atoms in total. The van der Waals surface area contributed by atoms with Crippen molar-refractivity contribution in [3.63, 3.8) is 0 Å². The van der Waals surface area contributed by atoms with Crippen LogP contribution in [0.4, 0.5) is 0 Å². The van der Waals surface area contributed by atoms with Gasteiger partial charge in [0, 0.05) is 17.1 Å². The molecule has 1 heterocycles. The van der Waals surface area contributed by atoms with Gasteiger partial charge >= 0.3 is 5.97 Å². The molecule has 1 aromatic carbocycles. The second-order valence-corrected chi connectivity index (χ2v) is 3.37. The summed E-state index contributed by atoms with van der Waals surface area (Å²) in [7, 11) is 0.